The van der Waals surface area contributed by atoms with Gasteiger partial charge in [-0.1, -0.05) is 6.07 Å². The second-order valence-electron chi connectivity index (χ2n) is 5.59. The highest BCUT2D eigenvalue weighted by Crippen LogP contribution is 2.38. The number of benzene rings is 2. The lowest BCUT2D eigenvalue weighted by molar-refractivity contribution is 0.108. The number of hydrogen-bond acceptors (Lipinski definition) is 6. The number of hydrogen-bond donors (Lipinski definition) is 0. The fraction of sp³-hybridized carbons (Fsp3) is 0.381. The molecule has 2 aromatic carbocycles. The maximum absolute atomic E-state index is 13.2. The van der Waals surface area contributed by atoms with Crippen molar-refractivity contribution in [2.24, 2.45) is 0 Å². The molecule has 0 aromatic heterocycles. The Balaban J connectivity index is 2.51. The minimum Gasteiger partial charge on any atom is -0.496 e. The van der Waals surface area contributed by atoms with E-state index in [9.17, 15) is 4.79 Å². The molecule has 0 bridgehead atoms. The highest BCUT2D eigenvalue weighted by Gasteiger charge is 2.23. The van der Waals surface area contributed by atoms with E-state index >= 15 is 0 Å². The van der Waals surface area contributed by atoms with Gasteiger partial charge in [-0.2, -0.15) is 0 Å². The zero-order valence-corrected chi connectivity index (χ0v) is 18.0. The summed E-state index contributed by atoms with van der Waals surface area (Å²) in [5, 5.41) is 0.699. The van der Waals surface area contributed by atoms with Gasteiger partial charge in [0.1, 0.15) is 34.3 Å². The molecule has 0 aliphatic heterocycles. The van der Waals surface area contributed by atoms with Crippen molar-refractivity contribution in [3.05, 3.63) is 35.9 Å². The number of carbonyl (C=O) groups is 1. The topological polar surface area (TPSA) is 63.2 Å². The van der Waals surface area contributed by atoms with Gasteiger partial charge in [0.05, 0.1) is 39.3 Å². The van der Waals surface area contributed by atoms with Crippen molar-refractivity contribution in [2.45, 2.75) is 20.8 Å². The van der Waals surface area contributed by atoms with Gasteiger partial charge in [0.25, 0.3) is 0 Å². The molecular formula is C21H27O6P. The molecule has 1 atom stereocenters. The second-order valence-corrected chi connectivity index (χ2v) is 6.79. The van der Waals surface area contributed by atoms with E-state index in [1.54, 1.807) is 30.3 Å². The summed E-state index contributed by atoms with van der Waals surface area (Å²) in [6.07, 6.45) is 0. The first-order valence-corrected chi connectivity index (χ1v) is 10.2. The monoisotopic (exact) mass is 406 g/mol. The van der Waals surface area contributed by atoms with Crippen LogP contribution in [-0.2, 0) is 0 Å². The molecule has 28 heavy (non-hydrogen) atoms. The highest BCUT2D eigenvalue weighted by atomic mass is 31.1. The molecule has 0 heterocycles. The average Bonchev–Trinajstić information content (AvgIpc) is 2.70. The molecule has 152 valence electrons. The molecule has 0 fully saturated rings. The summed E-state index contributed by atoms with van der Waals surface area (Å²) in [4.78, 5) is 13.2. The molecular weight excluding hydrogens is 379 g/mol. The molecule has 2 rings (SSSR count). The Morgan fingerprint density at radius 2 is 1.32 bits per heavy atom. The Morgan fingerprint density at radius 1 is 0.821 bits per heavy atom. The van der Waals surface area contributed by atoms with Gasteiger partial charge in [-0.25, -0.2) is 0 Å². The molecule has 0 N–H and O–H groups in total. The Hall–Kier alpha value is -2.46. The van der Waals surface area contributed by atoms with E-state index in [4.69, 9.17) is 23.7 Å². The second kappa shape index (κ2) is 10.8. The zero-order valence-electron chi connectivity index (χ0n) is 17.0. The summed E-state index contributed by atoms with van der Waals surface area (Å²) in [6, 6.07) is 8.86. The third-order valence-corrected chi connectivity index (χ3v) is 5.06. The van der Waals surface area contributed by atoms with Crippen LogP contribution in [0, 0.1) is 0 Å². The minimum atomic E-state index is -0.234. The Kier molecular flexibility index (Phi) is 8.40. The van der Waals surface area contributed by atoms with Gasteiger partial charge < -0.3 is 23.7 Å². The van der Waals surface area contributed by atoms with Crippen LogP contribution in [0.4, 0.5) is 0 Å². The van der Waals surface area contributed by atoms with E-state index in [2.05, 4.69) is 0 Å². The lowest BCUT2D eigenvalue weighted by atomic mass is 10.2. The predicted molar refractivity (Wildman–Crippen MR) is 112 cm³/mol. The molecule has 2 aromatic rings. The fourth-order valence-electron chi connectivity index (χ4n) is 2.73. The van der Waals surface area contributed by atoms with Crippen molar-refractivity contribution in [1.82, 2.24) is 0 Å². The van der Waals surface area contributed by atoms with Crippen LogP contribution in [0.15, 0.2) is 30.3 Å². The normalized spacial score (nSPS) is 10.8. The summed E-state index contributed by atoms with van der Waals surface area (Å²) in [5.41, 5.74) is 0.282. The number of ether oxygens (including phenoxy) is 5. The van der Waals surface area contributed by atoms with Gasteiger partial charge in [0.15, 0.2) is 5.52 Å². The third-order valence-electron chi connectivity index (χ3n) is 3.84. The lowest BCUT2D eigenvalue weighted by Crippen LogP contribution is -2.13. The minimum absolute atomic E-state index is 0.125. The Labute approximate surface area is 167 Å². The third kappa shape index (κ3) is 5.08. The van der Waals surface area contributed by atoms with Crippen LogP contribution in [0.1, 0.15) is 31.1 Å². The molecule has 7 heteroatoms. The van der Waals surface area contributed by atoms with Gasteiger partial charge in [-0.3, -0.25) is 4.79 Å². The van der Waals surface area contributed by atoms with Gasteiger partial charge in [0.2, 0.25) is 0 Å². The van der Waals surface area contributed by atoms with Crippen molar-refractivity contribution in [2.75, 3.05) is 34.0 Å². The van der Waals surface area contributed by atoms with Crippen LogP contribution in [0.3, 0.4) is 0 Å². The first kappa shape index (κ1) is 21.8. The van der Waals surface area contributed by atoms with E-state index in [0.717, 1.165) is 0 Å². The van der Waals surface area contributed by atoms with Crippen LogP contribution in [-0.4, -0.2) is 39.6 Å². The van der Waals surface area contributed by atoms with Crippen LogP contribution in [0.2, 0.25) is 0 Å². The average molecular weight is 406 g/mol. The molecule has 0 saturated carbocycles. The first-order chi connectivity index (χ1) is 13.6. The summed E-state index contributed by atoms with van der Waals surface area (Å²) in [5.74, 6) is 2.75. The summed E-state index contributed by atoms with van der Waals surface area (Å²) < 4.78 is 28.0. The van der Waals surface area contributed by atoms with Crippen LogP contribution >= 0.6 is 8.58 Å². The van der Waals surface area contributed by atoms with Crippen molar-refractivity contribution < 1.29 is 28.5 Å². The summed E-state index contributed by atoms with van der Waals surface area (Å²) >= 11 is 0. The predicted octanol–water partition coefficient (Wildman–Crippen LogP) is 4.04. The van der Waals surface area contributed by atoms with Crippen molar-refractivity contribution in [3.63, 3.8) is 0 Å². The zero-order chi connectivity index (χ0) is 20.5. The van der Waals surface area contributed by atoms with Crippen LogP contribution < -0.4 is 29.0 Å². The van der Waals surface area contributed by atoms with Crippen molar-refractivity contribution >= 4 is 19.4 Å². The molecule has 0 saturated heterocycles. The quantitative estimate of drug-likeness (QED) is 0.525. The number of rotatable bonds is 11. The van der Waals surface area contributed by atoms with E-state index in [1.165, 1.54) is 14.2 Å². The SMILES string of the molecule is CCOc1cc(OCC)c(PC(=O)c2c(OC)cccc2OC)c(OCC)c1. The summed E-state index contributed by atoms with van der Waals surface area (Å²) in [7, 11) is 2.83. The molecule has 0 aliphatic carbocycles. The maximum Gasteiger partial charge on any atom is 0.193 e. The molecule has 0 amide bonds. The summed E-state index contributed by atoms with van der Waals surface area (Å²) in [6.45, 7) is 7.15. The van der Waals surface area contributed by atoms with Crippen molar-refractivity contribution in [3.8, 4) is 28.7 Å². The first-order valence-electron chi connectivity index (χ1n) is 9.18. The van der Waals surface area contributed by atoms with E-state index < -0.39 is 0 Å². The molecule has 0 radical (unpaired) electrons. The van der Waals surface area contributed by atoms with E-state index in [-0.39, 0.29) is 14.1 Å². The lowest BCUT2D eigenvalue weighted by Gasteiger charge is -2.18. The number of carbonyl (C=O) groups excluding carboxylic acids is 1. The Morgan fingerprint density at radius 3 is 1.75 bits per heavy atom. The smallest absolute Gasteiger partial charge is 0.193 e. The maximum atomic E-state index is 13.2. The van der Waals surface area contributed by atoms with Gasteiger partial charge in [-0.15, -0.1) is 0 Å². The Bertz CT molecular complexity index is 756. The molecule has 1 unspecified atom stereocenters. The number of methoxy groups -OCH3 is 2. The molecule has 0 aliphatic rings. The van der Waals surface area contributed by atoms with Gasteiger partial charge >= 0.3 is 0 Å². The van der Waals surface area contributed by atoms with E-state index in [0.29, 0.717) is 59.4 Å². The fourth-order valence-corrected chi connectivity index (χ4v) is 3.86. The van der Waals surface area contributed by atoms with Crippen molar-refractivity contribution in [1.29, 1.82) is 0 Å². The molecule has 6 nitrogen and oxygen atoms in total. The van der Waals surface area contributed by atoms with Gasteiger partial charge in [0, 0.05) is 12.1 Å². The van der Waals surface area contributed by atoms with Gasteiger partial charge in [-0.05, 0) is 41.5 Å². The van der Waals surface area contributed by atoms with Crippen LogP contribution in [0.25, 0.3) is 0 Å². The van der Waals surface area contributed by atoms with Crippen LogP contribution in [0.5, 0.6) is 28.7 Å². The molecule has 0 spiro atoms. The largest absolute Gasteiger partial charge is 0.496 e. The highest BCUT2D eigenvalue weighted by molar-refractivity contribution is 7.66. The van der Waals surface area contributed by atoms with E-state index in [1.807, 2.05) is 20.8 Å². The standard InChI is InChI=1S/C21H27O6P/c1-6-25-14-12-17(26-7-2)20(18(13-14)27-8-3)28-21(22)19-15(23-4)10-9-11-16(19)24-5/h9-13,28H,6-8H2,1-5H3.